The van der Waals surface area contributed by atoms with Crippen molar-refractivity contribution < 1.29 is 64.6 Å². The van der Waals surface area contributed by atoms with Crippen molar-refractivity contribution in [2.75, 3.05) is 19.8 Å². The fourth-order valence-electron chi connectivity index (χ4n) is 12.5. The summed E-state index contributed by atoms with van der Waals surface area (Å²) in [5, 5.41) is 87.6. The Bertz CT molecular complexity index is 1760. The predicted octanol–water partition coefficient (Wildman–Crippen LogP) is 16.4. The summed E-state index contributed by atoms with van der Waals surface area (Å²) in [7, 11) is 0. The molecule has 2 fully saturated rings. The zero-order valence-corrected chi connectivity index (χ0v) is 58.1. The van der Waals surface area contributed by atoms with Crippen LogP contribution in [0.15, 0.2) is 60.8 Å². The normalized spacial score (nSPS) is 23.1. The molecule has 0 aromatic rings. The molecule has 0 aliphatic carbocycles. The zero-order valence-electron chi connectivity index (χ0n) is 58.1. The highest BCUT2D eigenvalue weighted by Crippen LogP contribution is 2.30. The van der Waals surface area contributed by atoms with E-state index < -0.39 is 86.8 Å². The van der Waals surface area contributed by atoms with Crippen LogP contribution in [-0.2, 0) is 23.7 Å². The van der Waals surface area contributed by atoms with Gasteiger partial charge in [0.25, 0.3) is 0 Å². The van der Waals surface area contributed by atoms with Crippen LogP contribution in [0.2, 0.25) is 0 Å². The van der Waals surface area contributed by atoms with Gasteiger partial charge < -0.3 is 65.1 Å². The molecule has 0 saturated carbocycles. The van der Waals surface area contributed by atoms with E-state index in [0.29, 0.717) is 6.42 Å². The summed E-state index contributed by atoms with van der Waals surface area (Å²) in [5.74, 6) is -0.236. The van der Waals surface area contributed by atoms with E-state index in [1.54, 1.807) is 6.08 Å². The number of carbonyl (C=O) groups excluding carboxylic acids is 1. The fourth-order valence-corrected chi connectivity index (χ4v) is 12.5. The third-order valence-electron chi connectivity index (χ3n) is 18.5. The molecule has 0 aromatic heterocycles. The molecule has 2 heterocycles. The summed E-state index contributed by atoms with van der Waals surface area (Å²) in [6, 6.07) is -0.918. The summed E-state index contributed by atoms with van der Waals surface area (Å²) >= 11 is 0. The van der Waals surface area contributed by atoms with Crippen molar-refractivity contribution in [2.45, 2.75) is 402 Å². The molecule has 1 amide bonds. The lowest BCUT2D eigenvalue weighted by molar-refractivity contribution is -0.359. The largest absolute Gasteiger partial charge is 0.394 e. The van der Waals surface area contributed by atoms with Gasteiger partial charge in [-0.15, -0.1) is 0 Å². The van der Waals surface area contributed by atoms with Crippen molar-refractivity contribution in [2.24, 2.45) is 0 Å². The molecule has 2 saturated heterocycles. The third kappa shape index (κ3) is 44.9. The van der Waals surface area contributed by atoms with Gasteiger partial charge in [-0.3, -0.25) is 4.79 Å². The van der Waals surface area contributed by atoms with Crippen molar-refractivity contribution in [3.05, 3.63) is 60.8 Å². The Kier molecular flexibility index (Phi) is 57.1. The minimum atomic E-state index is -1.79. The Balaban J connectivity index is 1.65. The van der Waals surface area contributed by atoms with Gasteiger partial charge in [-0.1, -0.05) is 325 Å². The van der Waals surface area contributed by atoms with Gasteiger partial charge in [-0.05, 0) is 57.8 Å². The maximum atomic E-state index is 13.4. The summed E-state index contributed by atoms with van der Waals surface area (Å²) < 4.78 is 22.9. The molecule has 2 aliphatic heterocycles. The van der Waals surface area contributed by atoms with Crippen LogP contribution in [0, 0.1) is 0 Å². The summed E-state index contributed by atoms with van der Waals surface area (Å²) in [4.78, 5) is 13.4. The first-order valence-corrected chi connectivity index (χ1v) is 38.0. The molecule has 14 heteroatoms. The monoisotopic (exact) mass is 1290 g/mol. The van der Waals surface area contributed by atoms with Crippen molar-refractivity contribution in [3.63, 3.8) is 0 Å². The molecule has 14 nitrogen and oxygen atoms in total. The van der Waals surface area contributed by atoms with E-state index in [2.05, 4.69) is 67.8 Å². The molecular formula is C77H141NO13. The van der Waals surface area contributed by atoms with Crippen molar-refractivity contribution in [1.82, 2.24) is 5.32 Å². The van der Waals surface area contributed by atoms with E-state index in [9.17, 15) is 45.6 Å². The highest BCUT2D eigenvalue weighted by Gasteiger charge is 2.51. The highest BCUT2D eigenvalue weighted by atomic mass is 16.7. The van der Waals surface area contributed by atoms with Crippen molar-refractivity contribution in [1.29, 1.82) is 0 Å². The molecule has 0 spiro atoms. The van der Waals surface area contributed by atoms with Gasteiger partial charge >= 0.3 is 0 Å². The second-order valence-electron chi connectivity index (χ2n) is 26.8. The van der Waals surface area contributed by atoms with Crippen LogP contribution >= 0.6 is 0 Å². The maximum Gasteiger partial charge on any atom is 0.220 e. The molecule has 9 N–H and O–H groups in total. The first-order valence-electron chi connectivity index (χ1n) is 38.0. The first kappa shape index (κ1) is 84.8. The van der Waals surface area contributed by atoms with Crippen LogP contribution in [-0.4, -0.2) is 140 Å². The lowest BCUT2D eigenvalue weighted by Gasteiger charge is -2.46. The molecular weight excluding hydrogens is 1150 g/mol. The number of unbranched alkanes of at least 4 members (excludes halogenated alkanes) is 42. The number of hydrogen-bond donors (Lipinski definition) is 9. The maximum absolute atomic E-state index is 13.4. The van der Waals surface area contributed by atoms with Gasteiger partial charge in [-0.2, -0.15) is 0 Å². The lowest BCUT2D eigenvalue weighted by Crippen LogP contribution is -2.65. The van der Waals surface area contributed by atoms with Gasteiger partial charge in [0.05, 0.1) is 32.0 Å². The number of carbonyl (C=O) groups is 1. The topological polar surface area (TPSA) is 228 Å². The Morgan fingerprint density at radius 3 is 1.16 bits per heavy atom. The van der Waals surface area contributed by atoms with E-state index in [0.717, 1.165) is 64.2 Å². The molecule has 12 atom stereocenters. The second-order valence-corrected chi connectivity index (χ2v) is 26.8. The van der Waals surface area contributed by atoms with Crippen molar-refractivity contribution in [3.8, 4) is 0 Å². The van der Waals surface area contributed by atoms with Crippen LogP contribution in [0.3, 0.4) is 0 Å². The van der Waals surface area contributed by atoms with Crippen LogP contribution in [0.4, 0.5) is 0 Å². The van der Waals surface area contributed by atoms with Crippen LogP contribution in [0.5, 0.6) is 0 Å². The molecule has 532 valence electrons. The molecule has 91 heavy (non-hydrogen) atoms. The Morgan fingerprint density at radius 1 is 0.407 bits per heavy atom. The van der Waals surface area contributed by atoms with Gasteiger partial charge in [0, 0.05) is 6.42 Å². The van der Waals surface area contributed by atoms with E-state index in [4.69, 9.17) is 18.9 Å². The summed E-state index contributed by atoms with van der Waals surface area (Å²) in [6.07, 6.45) is 65.7. The molecule has 2 aliphatic rings. The number of rotatable bonds is 63. The SMILES string of the molecule is CC/C=C\C/C=C\C/C=C\C/C=C\CCCCCCCCCCCCCCCCCCC(=O)NC(COC1OC(CO)C(OC2OC(CO)C(O)C(O)C2O)C(O)C1O)C(O)/C=C/CCCCCCCCCCCCCCCCCCCCCCCCCCCC. The Hall–Kier alpha value is -2.31. The number of ether oxygens (including phenoxy) is 4. The smallest absolute Gasteiger partial charge is 0.220 e. The number of hydrogen-bond acceptors (Lipinski definition) is 13. The first-order chi connectivity index (χ1) is 44.6. The quantitative estimate of drug-likeness (QED) is 0.0204. The fraction of sp³-hybridized carbons (Fsp3) is 0.857. The van der Waals surface area contributed by atoms with E-state index in [1.807, 2.05) is 6.08 Å². The standard InChI is InChI=1S/C77H141NO13/c1-3-5-7-9-11-13-15-17-19-21-23-25-27-29-31-33-35-37-39-41-43-45-47-49-51-53-55-57-59-61-69(82)78-65(64-88-76-74(87)72(85)75(68(63-80)90-76)91-77-73(86)71(84)70(83)67(62-79)89-77)66(81)60-58-56-54-52-50-48-46-44-42-40-38-36-34-32-30-28-26-24-22-20-18-16-14-12-10-8-6-4-2/h5,7,11,13,17,19,23,25,58,60,65-68,70-77,79-81,83-87H,3-4,6,8-10,12,14-16,18,20-22,24,26-57,59,61-64H2,1-2H3,(H,78,82)/b7-5-,13-11-,19-17-,25-23-,60-58+. The van der Waals surface area contributed by atoms with Crippen molar-refractivity contribution >= 4 is 5.91 Å². The molecule has 0 aromatic carbocycles. The van der Waals surface area contributed by atoms with Crippen LogP contribution in [0.1, 0.15) is 328 Å². The Labute approximate surface area is 556 Å². The molecule has 0 bridgehead atoms. The Morgan fingerprint density at radius 2 is 0.758 bits per heavy atom. The predicted molar refractivity (Wildman–Crippen MR) is 374 cm³/mol. The lowest BCUT2D eigenvalue weighted by atomic mass is 9.97. The van der Waals surface area contributed by atoms with Gasteiger partial charge in [0.2, 0.25) is 5.91 Å². The van der Waals surface area contributed by atoms with E-state index >= 15 is 0 Å². The number of allylic oxidation sites excluding steroid dienone is 9. The van der Waals surface area contributed by atoms with Crippen LogP contribution in [0.25, 0.3) is 0 Å². The van der Waals surface area contributed by atoms with Gasteiger partial charge in [0.15, 0.2) is 12.6 Å². The van der Waals surface area contributed by atoms with Gasteiger partial charge in [0.1, 0.15) is 48.8 Å². The number of aliphatic hydroxyl groups excluding tert-OH is 8. The zero-order chi connectivity index (χ0) is 65.9. The van der Waals surface area contributed by atoms with Gasteiger partial charge in [-0.25, -0.2) is 0 Å². The summed E-state index contributed by atoms with van der Waals surface area (Å²) in [6.45, 7) is 2.74. The van der Waals surface area contributed by atoms with E-state index in [-0.39, 0.29) is 18.9 Å². The molecule has 0 radical (unpaired) electrons. The second kappa shape index (κ2) is 61.3. The number of aliphatic hydroxyl groups is 8. The average Bonchev–Trinajstić information content (AvgIpc) is 1.06. The third-order valence-corrected chi connectivity index (χ3v) is 18.5. The molecule has 2 rings (SSSR count). The summed E-state index contributed by atoms with van der Waals surface area (Å²) in [5.41, 5.74) is 0. The van der Waals surface area contributed by atoms with Crippen LogP contribution < -0.4 is 5.32 Å². The number of amides is 1. The minimum absolute atomic E-state index is 0.236. The van der Waals surface area contributed by atoms with E-state index in [1.165, 1.54) is 238 Å². The highest BCUT2D eigenvalue weighted by molar-refractivity contribution is 5.76. The minimum Gasteiger partial charge on any atom is -0.394 e. The molecule has 12 unspecified atom stereocenters. The number of nitrogens with one attached hydrogen (secondary N) is 1. The average molecular weight is 1290 g/mol.